The van der Waals surface area contributed by atoms with E-state index in [0.29, 0.717) is 18.4 Å². The van der Waals surface area contributed by atoms with Gasteiger partial charge in [-0.05, 0) is 24.5 Å². The van der Waals surface area contributed by atoms with Crippen LogP contribution in [0, 0.1) is 10.1 Å². The number of hydrogen-bond donors (Lipinski definition) is 1. The van der Waals surface area contributed by atoms with Crippen LogP contribution in [0.3, 0.4) is 0 Å². The smallest absolute Gasteiger partial charge is 0.282 e. The van der Waals surface area contributed by atoms with E-state index in [-0.39, 0.29) is 5.69 Å². The van der Waals surface area contributed by atoms with Gasteiger partial charge in [-0.3, -0.25) is 14.7 Å². The lowest BCUT2D eigenvalue weighted by molar-refractivity contribution is -0.385. The van der Waals surface area contributed by atoms with Crippen molar-refractivity contribution in [3.8, 4) is 0 Å². The first-order valence-electron chi connectivity index (χ1n) is 6.16. The number of nitro benzene ring substituents is 1. The highest BCUT2D eigenvalue weighted by Gasteiger charge is 2.19. The zero-order valence-corrected chi connectivity index (χ0v) is 11.8. The lowest BCUT2D eigenvalue weighted by Gasteiger charge is -2.05. The first-order valence-corrected chi connectivity index (χ1v) is 7.60. The topological polar surface area (TPSA) is 97.5 Å². The molecular formula is C14H13NO5S. The fourth-order valence-corrected chi connectivity index (χ4v) is 2.51. The Balaban J connectivity index is 2.29. The third-order valence-electron chi connectivity index (χ3n) is 3.08. The predicted octanol–water partition coefficient (Wildman–Crippen LogP) is 2.63. The van der Waals surface area contributed by atoms with E-state index in [9.17, 15) is 18.5 Å². The lowest BCUT2D eigenvalue weighted by Crippen LogP contribution is -2.03. The van der Waals surface area contributed by atoms with Crippen molar-refractivity contribution in [2.75, 3.05) is 0 Å². The third kappa shape index (κ3) is 3.87. The van der Waals surface area contributed by atoms with Crippen LogP contribution in [0.2, 0.25) is 0 Å². The Morgan fingerprint density at radius 1 is 1.05 bits per heavy atom. The van der Waals surface area contributed by atoms with E-state index in [4.69, 9.17) is 4.55 Å². The molecule has 110 valence electrons. The fourth-order valence-electron chi connectivity index (χ4n) is 2.01. The molecule has 2 rings (SSSR count). The molecule has 0 heterocycles. The van der Waals surface area contributed by atoms with Gasteiger partial charge >= 0.3 is 0 Å². The molecule has 1 N–H and O–H groups in total. The van der Waals surface area contributed by atoms with Gasteiger partial charge in [0.05, 0.1) is 4.92 Å². The Morgan fingerprint density at radius 2 is 1.71 bits per heavy atom. The largest absolute Gasteiger partial charge is 0.294 e. The highest BCUT2D eigenvalue weighted by atomic mass is 32.2. The fraction of sp³-hybridized carbons (Fsp3) is 0.143. The van der Waals surface area contributed by atoms with Crippen molar-refractivity contribution in [3.63, 3.8) is 0 Å². The average molecular weight is 307 g/mol. The lowest BCUT2D eigenvalue weighted by atomic mass is 10.0. The summed E-state index contributed by atoms with van der Waals surface area (Å²) in [6.07, 6.45) is 1.01. The van der Waals surface area contributed by atoms with E-state index in [1.807, 2.05) is 30.3 Å². The van der Waals surface area contributed by atoms with Gasteiger partial charge in [-0.1, -0.05) is 36.4 Å². The zero-order valence-electron chi connectivity index (χ0n) is 11.0. The van der Waals surface area contributed by atoms with Crippen molar-refractivity contribution >= 4 is 15.8 Å². The Bertz CT molecular complexity index is 756. The maximum absolute atomic E-state index is 11.0. The predicted molar refractivity (Wildman–Crippen MR) is 76.8 cm³/mol. The van der Waals surface area contributed by atoms with Crippen LogP contribution in [0.15, 0.2) is 53.4 Å². The molecule has 0 fully saturated rings. The SMILES string of the molecule is O=[N+]([O-])c1cc(S(=O)(=O)O)ccc1CCc1ccccc1. The number of nitrogens with zero attached hydrogens (tertiary/aromatic N) is 1. The number of nitro groups is 1. The minimum atomic E-state index is -4.45. The third-order valence-corrected chi connectivity index (χ3v) is 3.93. The molecule has 2 aromatic rings. The second-order valence-corrected chi connectivity index (χ2v) is 5.93. The van der Waals surface area contributed by atoms with E-state index >= 15 is 0 Å². The summed E-state index contributed by atoms with van der Waals surface area (Å²) in [6, 6.07) is 12.9. The number of aryl methyl sites for hydroxylation is 2. The number of rotatable bonds is 5. The van der Waals surface area contributed by atoms with Crippen LogP contribution in [0.4, 0.5) is 5.69 Å². The molecule has 0 spiro atoms. The average Bonchev–Trinajstić information content (AvgIpc) is 2.45. The van der Waals surface area contributed by atoms with Gasteiger partial charge in [-0.15, -0.1) is 0 Å². The summed E-state index contributed by atoms with van der Waals surface area (Å²) in [5.74, 6) is 0. The zero-order chi connectivity index (χ0) is 15.5. The molecule has 0 amide bonds. The Kier molecular flexibility index (Phi) is 4.35. The molecule has 0 atom stereocenters. The van der Waals surface area contributed by atoms with Crippen LogP contribution < -0.4 is 0 Å². The van der Waals surface area contributed by atoms with Gasteiger partial charge < -0.3 is 0 Å². The summed E-state index contributed by atoms with van der Waals surface area (Å²) in [6.45, 7) is 0. The van der Waals surface area contributed by atoms with E-state index in [0.717, 1.165) is 11.6 Å². The van der Waals surface area contributed by atoms with Crippen LogP contribution >= 0.6 is 0 Å². The Hall–Kier alpha value is -2.25. The summed E-state index contributed by atoms with van der Waals surface area (Å²) >= 11 is 0. The van der Waals surface area contributed by atoms with Gasteiger partial charge in [0.15, 0.2) is 0 Å². The van der Waals surface area contributed by atoms with Crippen LogP contribution in [0.5, 0.6) is 0 Å². The van der Waals surface area contributed by atoms with Crippen molar-refractivity contribution in [1.29, 1.82) is 0 Å². The molecule has 0 aliphatic carbocycles. The van der Waals surface area contributed by atoms with Gasteiger partial charge in [0.1, 0.15) is 4.90 Å². The standard InChI is InChI=1S/C14H13NO5S/c16-15(17)14-10-13(21(18,19)20)9-8-12(14)7-6-11-4-2-1-3-5-11/h1-5,8-10H,6-7H2,(H,18,19,20). The molecule has 0 aliphatic heterocycles. The maximum Gasteiger partial charge on any atom is 0.294 e. The minimum Gasteiger partial charge on any atom is -0.282 e. The van der Waals surface area contributed by atoms with Crippen molar-refractivity contribution < 1.29 is 17.9 Å². The molecule has 0 saturated heterocycles. The summed E-state index contributed by atoms with van der Waals surface area (Å²) < 4.78 is 31.0. The quantitative estimate of drug-likeness (QED) is 0.520. The first kappa shape index (κ1) is 15.1. The summed E-state index contributed by atoms with van der Waals surface area (Å²) in [5, 5.41) is 11.0. The first-order chi connectivity index (χ1) is 9.88. The monoisotopic (exact) mass is 307 g/mol. The van der Waals surface area contributed by atoms with Gasteiger partial charge in [-0.2, -0.15) is 8.42 Å². The van der Waals surface area contributed by atoms with Crippen molar-refractivity contribution in [2.45, 2.75) is 17.7 Å². The second-order valence-electron chi connectivity index (χ2n) is 4.51. The van der Waals surface area contributed by atoms with Crippen molar-refractivity contribution in [2.24, 2.45) is 0 Å². The molecule has 6 nitrogen and oxygen atoms in total. The van der Waals surface area contributed by atoms with Gasteiger partial charge in [0.2, 0.25) is 0 Å². The minimum absolute atomic E-state index is 0.305. The highest BCUT2D eigenvalue weighted by molar-refractivity contribution is 7.85. The molecule has 0 aromatic heterocycles. The second kappa shape index (κ2) is 6.02. The van der Waals surface area contributed by atoms with Crippen LogP contribution in [0.25, 0.3) is 0 Å². The van der Waals surface area contributed by atoms with Crippen LogP contribution in [0.1, 0.15) is 11.1 Å². The van der Waals surface area contributed by atoms with Crippen LogP contribution in [-0.2, 0) is 23.0 Å². The van der Waals surface area contributed by atoms with Crippen LogP contribution in [-0.4, -0.2) is 17.9 Å². The molecule has 7 heteroatoms. The number of benzene rings is 2. The molecule has 0 radical (unpaired) electrons. The highest BCUT2D eigenvalue weighted by Crippen LogP contribution is 2.24. The molecule has 0 aliphatic rings. The van der Waals surface area contributed by atoms with Gasteiger partial charge in [0.25, 0.3) is 15.8 Å². The molecule has 0 saturated carbocycles. The van der Waals surface area contributed by atoms with E-state index in [1.54, 1.807) is 0 Å². The summed E-state index contributed by atoms with van der Waals surface area (Å²) in [7, 11) is -4.45. The van der Waals surface area contributed by atoms with Crippen molar-refractivity contribution in [3.05, 3.63) is 69.8 Å². The van der Waals surface area contributed by atoms with Crippen molar-refractivity contribution in [1.82, 2.24) is 0 Å². The van der Waals surface area contributed by atoms with Gasteiger partial charge in [-0.25, -0.2) is 0 Å². The Morgan fingerprint density at radius 3 is 2.29 bits per heavy atom. The van der Waals surface area contributed by atoms with E-state index < -0.39 is 19.9 Å². The van der Waals surface area contributed by atoms with E-state index in [1.165, 1.54) is 12.1 Å². The Labute approximate surface area is 121 Å². The van der Waals surface area contributed by atoms with Gasteiger partial charge in [0, 0.05) is 11.6 Å². The maximum atomic E-state index is 11.0. The molecule has 0 unspecified atom stereocenters. The van der Waals surface area contributed by atoms with E-state index in [2.05, 4.69) is 0 Å². The number of hydrogen-bond acceptors (Lipinski definition) is 4. The summed E-state index contributed by atoms with van der Waals surface area (Å²) in [4.78, 5) is 9.92. The molecular weight excluding hydrogens is 294 g/mol. The normalized spacial score (nSPS) is 11.3. The molecule has 0 bridgehead atoms. The molecule has 2 aromatic carbocycles. The summed E-state index contributed by atoms with van der Waals surface area (Å²) in [5.41, 5.74) is 1.16. The molecule has 21 heavy (non-hydrogen) atoms.